The van der Waals surface area contributed by atoms with E-state index in [9.17, 15) is 4.79 Å². The van der Waals surface area contributed by atoms with Gasteiger partial charge < -0.3 is 15.8 Å². The van der Waals surface area contributed by atoms with Gasteiger partial charge in [0.15, 0.2) is 0 Å². The maximum atomic E-state index is 12.0. The minimum atomic E-state index is -0.207. The molecule has 0 aliphatic carbocycles. The van der Waals surface area contributed by atoms with Crippen LogP contribution in [0.1, 0.15) is 35.7 Å². The van der Waals surface area contributed by atoms with Crippen molar-refractivity contribution in [3.8, 4) is 0 Å². The Kier molecular flexibility index (Phi) is 3.99. The fourth-order valence-corrected chi connectivity index (χ4v) is 2.19. The average Bonchev–Trinajstić information content (AvgIpc) is 2.83. The average molecular weight is 248 g/mol. The number of nitrogens with one attached hydrogen (secondary N) is 1. The van der Waals surface area contributed by atoms with Crippen LogP contribution in [0.5, 0.6) is 0 Å². The Morgan fingerprint density at radius 2 is 2.39 bits per heavy atom. The first kappa shape index (κ1) is 13.1. The lowest BCUT2D eigenvalue weighted by Crippen LogP contribution is -2.40. The third-order valence-electron chi connectivity index (χ3n) is 3.35. The smallest absolute Gasteiger partial charge is 0.251 e. The molecule has 4 heteroatoms. The van der Waals surface area contributed by atoms with Crippen LogP contribution in [-0.2, 0) is 11.3 Å². The Hall–Kier alpha value is -1.39. The highest BCUT2D eigenvalue weighted by molar-refractivity contribution is 5.94. The van der Waals surface area contributed by atoms with Gasteiger partial charge in [-0.25, -0.2) is 0 Å². The molecule has 4 nitrogen and oxygen atoms in total. The lowest BCUT2D eigenvalue weighted by molar-refractivity contribution is 0.0206. The molecular weight excluding hydrogens is 228 g/mol. The zero-order valence-corrected chi connectivity index (χ0v) is 10.7. The van der Waals surface area contributed by atoms with Crippen molar-refractivity contribution < 1.29 is 9.53 Å². The summed E-state index contributed by atoms with van der Waals surface area (Å²) in [5, 5.41) is 2.93. The SMILES string of the molecule is CC1(CNC(=O)c2cccc(CN)c2)CCCO1. The predicted molar refractivity (Wildman–Crippen MR) is 70.3 cm³/mol. The van der Waals surface area contributed by atoms with E-state index in [4.69, 9.17) is 10.5 Å². The summed E-state index contributed by atoms with van der Waals surface area (Å²) in [7, 11) is 0. The monoisotopic (exact) mass is 248 g/mol. The second kappa shape index (κ2) is 5.50. The summed E-state index contributed by atoms with van der Waals surface area (Å²) in [4.78, 5) is 12.0. The van der Waals surface area contributed by atoms with Gasteiger partial charge in [0.1, 0.15) is 0 Å². The predicted octanol–water partition coefficient (Wildman–Crippen LogP) is 1.44. The van der Waals surface area contributed by atoms with E-state index < -0.39 is 0 Å². The molecule has 1 aliphatic heterocycles. The highest BCUT2D eigenvalue weighted by atomic mass is 16.5. The van der Waals surface area contributed by atoms with Crippen LogP contribution >= 0.6 is 0 Å². The minimum Gasteiger partial charge on any atom is -0.373 e. The molecule has 1 saturated heterocycles. The number of carbonyl (C=O) groups excluding carboxylic acids is 1. The van der Waals surface area contributed by atoms with Crippen LogP contribution in [0.2, 0.25) is 0 Å². The van der Waals surface area contributed by atoms with Gasteiger partial charge in [0.25, 0.3) is 5.91 Å². The largest absolute Gasteiger partial charge is 0.373 e. The van der Waals surface area contributed by atoms with Gasteiger partial charge in [-0.05, 0) is 37.5 Å². The second-order valence-corrected chi connectivity index (χ2v) is 4.99. The summed E-state index contributed by atoms with van der Waals surface area (Å²) in [6.45, 7) is 3.83. The highest BCUT2D eigenvalue weighted by Gasteiger charge is 2.30. The van der Waals surface area contributed by atoms with Crippen molar-refractivity contribution in [3.63, 3.8) is 0 Å². The summed E-state index contributed by atoms with van der Waals surface area (Å²) in [5.41, 5.74) is 6.97. The maximum absolute atomic E-state index is 12.0. The van der Waals surface area contributed by atoms with E-state index in [2.05, 4.69) is 5.32 Å². The Balaban J connectivity index is 1.94. The van der Waals surface area contributed by atoms with Crippen LogP contribution in [0, 0.1) is 0 Å². The van der Waals surface area contributed by atoms with Gasteiger partial charge in [0.2, 0.25) is 0 Å². The van der Waals surface area contributed by atoms with E-state index in [1.54, 1.807) is 6.07 Å². The molecule has 18 heavy (non-hydrogen) atoms. The number of benzene rings is 1. The lowest BCUT2D eigenvalue weighted by atomic mass is 10.0. The summed E-state index contributed by atoms with van der Waals surface area (Å²) in [6, 6.07) is 7.39. The fraction of sp³-hybridized carbons (Fsp3) is 0.500. The number of hydrogen-bond acceptors (Lipinski definition) is 3. The van der Waals surface area contributed by atoms with Gasteiger partial charge in [0, 0.05) is 25.3 Å². The number of carbonyl (C=O) groups is 1. The van der Waals surface area contributed by atoms with Crippen molar-refractivity contribution in [1.82, 2.24) is 5.32 Å². The quantitative estimate of drug-likeness (QED) is 0.847. The molecule has 0 saturated carbocycles. The zero-order chi connectivity index (χ0) is 13.0. The van der Waals surface area contributed by atoms with Crippen molar-refractivity contribution in [3.05, 3.63) is 35.4 Å². The molecule has 0 spiro atoms. The number of rotatable bonds is 4. The third-order valence-corrected chi connectivity index (χ3v) is 3.35. The number of nitrogens with two attached hydrogens (primary N) is 1. The lowest BCUT2D eigenvalue weighted by Gasteiger charge is -2.23. The molecule has 0 radical (unpaired) electrons. The van der Waals surface area contributed by atoms with Crippen LogP contribution in [0.3, 0.4) is 0 Å². The van der Waals surface area contributed by atoms with Crippen molar-refractivity contribution >= 4 is 5.91 Å². The number of hydrogen-bond donors (Lipinski definition) is 2. The zero-order valence-electron chi connectivity index (χ0n) is 10.7. The standard InChI is InChI=1S/C14H20N2O2/c1-14(6-3-7-18-14)10-16-13(17)12-5-2-4-11(8-12)9-15/h2,4-5,8H,3,6-7,9-10,15H2,1H3,(H,16,17). The Morgan fingerprint density at radius 1 is 1.56 bits per heavy atom. The van der Waals surface area contributed by atoms with Gasteiger partial charge in [-0.2, -0.15) is 0 Å². The molecule has 3 N–H and O–H groups in total. The molecule has 98 valence electrons. The Bertz CT molecular complexity index is 426. The molecule has 1 aliphatic rings. The van der Waals surface area contributed by atoms with E-state index in [1.165, 1.54) is 0 Å². The molecule has 1 atom stereocenters. The van der Waals surface area contributed by atoms with Crippen LogP contribution in [0.15, 0.2) is 24.3 Å². The first-order chi connectivity index (χ1) is 8.63. The van der Waals surface area contributed by atoms with E-state index in [0.29, 0.717) is 18.7 Å². The molecule has 1 aromatic rings. The molecule has 0 aromatic heterocycles. The minimum absolute atomic E-state index is 0.0676. The van der Waals surface area contributed by atoms with Gasteiger partial charge in [-0.3, -0.25) is 4.79 Å². The number of ether oxygens (including phenoxy) is 1. The van der Waals surface area contributed by atoms with Crippen molar-refractivity contribution in [2.45, 2.75) is 31.9 Å². The van der Waals surface area contributed by atoms with Crippen molar-refractivity contribution in [1.29, 1.82) is 0 Å². The van der Waals surface area contributed by atoms with Crippen LogP contribution in [0.25, 0.3) is 0 Å². The molecule has 1 fully saturated rings. The third kappa shape index (κ3) is 3.09. The first-order valence-electron chi connectivity index (χ1n) is 6.34. The van der Waals surface area contributed by atoms with Crippen LogP contribution < -0.4 is 11.1 Å². The summed E-state index contributed by atoms with van der Waals surface area (Å²) in [6.07, 6.45) is 2.06. The molecule has 0 bridgehead atoms. The Morgan fingerprint density at radius 3 is 3.06 bits per heavy atom. The molecule has 1 amide bonds. The molecule has 1 heterocycles. The van der Waals surface area contributed by atoms with E-state index >= 15 is 0 Å². The van der Waals surface area contributed by atoms with Gasteiger partial charge >= 0.3 is 0 Å². The van der Waals surface area contributed by atoms with Crippen LogP contribution in [0.4, 0.5) is 0 Å². The van der Waals surface area contributed by atoms with Crippen molar-refractivity contribution in [2.24, 2.45) is 5.73 Å². The normalized spacial score (nSPS) is 23.0. The molecular formula is C14H20N2O2. The van der Waals surface area contributed by atoms with Gasteiger partial charge in [0.05, 0.1) is 5.60 Å². The summed E-state index contributed by atoms with van der Waals surface area (Å²) >= 11 is 0. The summed E-state index contributed by atoms with van der Waals surface area (Å²) < 4.78 is 5.64. The Labute approximate surface area is 108 Å². The molecule has 1 unspecified atom stereocenters. The maximum Gasteiger partial charge on any atom is 0.251 e. The van der Waals surface area contributed by atoms with Crippen molar-refractivity contribution in [2.75, 3.05) is 13.2 Å². The number of amides is 1. The van der Waals surface area contributed by atoms with E-state index in [0.717, 1.165) is 25.0 Å². The molecule has 2 rings (SSSR count). The van der Waals surface area contributed by atoms with Crippen LogP contribution in [-0.4, -0.2) is 24.7 Å². The van der Waals surface area contributed by atoms with E-state index in [1.807, 2.05) is 25.1 Å². The van der Waals surface area contributed by atoms with Gasteiger partial charge in [-0.1, -0.05) is 12.1 Å². The van der Waals surface area contributed by atoms with Gasteiger partial charge in [-0.15, -0.1) is 0 Å². The molecule has 1 aromatic carbocycles. The topological polar surface area (TPSA) is 64.4 Å². The highest BCUT2D eigenvalue weighted by Crippen LogP contribution is 2.23. The fourth-order valence-electron chi connectivity index (χ4n) is 2.19. The van der Waals surface area contributed by atoms with E-state index in [-0.39, 0.29) is 11.5 Å². The first-order valence-corrected chi connectivity index (χ1v) is 6.34. The second-order valence-electron chi connectivity index (χ2n) is 4.99. The summed E-state index contributed by atoms with van der Waals surface area (Å²) in [5.74, 6) is -0.0676.